The number of likely N-dealkylation sites (tertiary alicyclic amines) is 1. The number of carbonyl (C=O) groups is 2. The van der Waals surface area contributed by atoms with Crippen molar-refractivity contribution in [2.45, 2.75) is 32.7 Å². The monoisotopic (exact) mass is 397 g/mol. The quantitative estimate of drug-likeness (QED) is 0.693. The van der Waals surface area contributed by atoms with Gasteiger partial charge in [0.1, 0.15) is 11.5 Å². The Morgan fingerprint density at radius 1 is 1.03 bits per heavy atom. The molecule has 3 rings (SSSR count). The second kappa shape index (κ2) is 8.99. The van der Waals surface area contributed by atoms with Gasteiger partial charge in [-0.1, -0.05) is 17.2 Å². The summed E-state index contributed by atoms with van der Waals surface area (Å²) in [6.07, 6.45) is 1.70. The zero-order valence-electron chi connectivity index (χ0n) is 17.4. The average molecular weight is 397 g/mol. The van der Waals surface area contributed by atoms with E-state index >= 15 is 0 Å². The number of carbonyl (C=O) groups excluding carboxylic acids is 2. The summed E-state index contributed by atoms with van der Waals surface area (Å²) in [4.78, 5) is 27.0. The topological polar surface area (TPSA) is 65.1 Å². The second-order valence-corrected chi connectivity index (χ2v) is 7.31. The van der Waals surface area contributed by atoms with Gasteiger partial charge in [-0.15, -0.1) is 0 Å². The van der Waals surface area contributed by atoms with E-state index < -0.39 is 5.97 Å². The van der Waals surface area contributed by atoms with E-state index in [4.69, 9.17) is 14.2 Å². The lowest BCUT2D eigenvalue weighted by Crippen LogP contribution is -2.34. The van der Waals surface area contributed by atoms with Crippen LogP contribution in [0.3, 0.4) is 0 Å². The highest BCUT2D eigenvalue weighted by Crippen LogP contribution is 2.38. The average Bonchev–Trinajstić information content (AvgIpc) is 3.20. The third-order valence-electron chi connectivity index (χ3n) is 5.15. The molecule has 0 N–H and O–H groups in total. The lowest BCUT2D eigenvalue weighted by atomic mass is 10.0. The second-order valence-electron chi connectivity index (χ2n) is 7.31. The van der Waals surface area contributed by atoms with Gasteiger partial charge in [0.15, 0.2) is 6.61 Å². The van der Waals surface area contributed by atoms with Crippen molar-refractivity contribution in [3.63, 3.8) is 0 Å². The van der Waals surface area contributed by atoms with Crippen LogP contribution in [-0.4, -0.2) is 44.1 Å². The van der Waals surface area contributed by atoms with Crippen LogP contribution in [0.2, 0.25) is 0 Å². The van der Waals surface area contributed by atoms with Crippen LogP contribution in [0.1, 0.15) is 45.9 Å². The number of benzene rings is 2. The lowest BCUT2D eigenvalue weighted by molar-refractivity contribution is -0.135. The first-order valence-corrected chi connectivity index (χ1v) is 9.69. The molecule has 1 amide bonds. The number of nitrogens with zero attached hydrogens (tertiary/aromatic N) is 1. The molecule has 1 saturated heterocycles. The predicted octanol–water partition coefficient (Wildman–Crippen LogP) is 3.84. The molecule has 29 heavy (non-hydrogen) atoms. The highest BCUT2D eigenvalue weighted by molar-refractivity contribution is 5.91. The maximum absolute atomic E-state index is 12.8. The van der Waals surface area contributed by atoms with Crippen LogP contribution in [0.4, 0.5) is 0 Å². The molecule has 2 aromatic rings. The number of hydrogen-bond donors (Lipinski definition) is 0. The largest absolute Gasteiger partial charge is 0.497 e. The summed E-state index contributed by atoms with van der Waals surface area (Å²) < 4.78 is 16.1. The molecule has 0 saturated carbocycles. The van der Waals surface area contributed by atoms with Crippen molar-refractivity contribution in [2.75, 3.05) is 27.4 Å². The van der Waals surface area contributed by atoms with Gasteiger partial charge in [-0.25, -0.2) is 4.79 Å². The van der Waals surface area contributed by atoms with E-state index in [1.165, 1.54) is 0 Å². The van der Waals surface area contributed by atoms with E-state index in [2.05, 4.69) is 0 Å². The van der Waals surface area contributed by atoms with Gasteiger partial charge >= 0.3 is 5.97 Å². The minimum absolute atomic E-state index is 0.132. The molecule has 2 aromatic carbocycles. The Kier molecular flexibility index (Phi) is 6.42. The summed E-state index contributed by atoms with van der Waals surface area (Å²) in [6.45, 7) is 4.18. The number of aryl methyl sites for hydroxylation is 2. The molecule has 0 unspecified atom stereocenters. The van der Waals surface area contributed by atoms with Gasteiger partial charge in [0.2, 0.25) is 0 Å². The minimum atomic E-state index is -0.486. The van der Waals surface area contributed by atoms with E-state index in [1.54, 1.807) is 31.3 Å². The highest BCUT2D eigenvalue weighted by atomic mass is 16.5. The van der Waals surface area contributed by atoms with Crippen LogP contribution in [0.15, 0.2) is 36.4 Å². The van der Waals surface area contributed by atoms with Gasteiger partial charge in [0, 0.05) is 12.1 Å². The summed E-state index contributed by atoms with van der Waals surface area (Å²) in [5.41, 5.74) is 3.32. The van der Waals surface area contributed by atoms with Crippen LogP contribution >= 0.6 is 0 Å². The zero-order chi connectivity index (χ0) is 21.0. The van der Waals surface area contributed by atoms with Crippen molar-refractivity contribution in [3.05, 3.63) is 58.7 Å². The Bertz CT molecular complexity index is 888. The first kappa shape index (κ1) is 20.7. The van der Waals surface area contributed by atoms with Gasteiger partial charge in [0.25, 0.3) is 5.91 Å². The van der Waals surface area contributed by atoms with E-state index in [0.29, 0.717) is 23.6 Å². The molecule has 1 heterocycles. The molecule has 1 aliphatic rings. The lowest BCUT2D eigenvalue weighted by Gasteiger charge is -2.26. The first-order valence-electron chi connectivity index (χ1n) is 9.69. The smallest absolute Gasteiger partial charge is 0.338 e. The number of esters is 1. The van der Waals surface area contributed by atoms with Crippen LogP contribution in [0.5, 0.6) is 11.5 Å². The predicted molar refractivity (Wildman–Crippen MR) is 109 cm³/mol. The molecule has 1 fully saturated rings. The number of hydrogen-bond acceptors (Lipinski definition) is 5. The molecular weight excluding hydrogens is 370 g/mol. The van der Waals surface area contributed by atoms with Crippen molar-refractivity contribution in [1.29, 1.82) is 0 Å². The summed E-state index contributed by atoms with van der Waals surface area (Å²) in [5, 5.41) is 0. The Morgan fingerprint density at radius 3 is 2.41 bits per heavy atom. The van der Waals surface area contributed by atoms with Crippen LogP contribution in [0, 0.1) is 13.8 Å². The standard InChI is InChI=1S/C23H27NO5/c1-15-10-16(2)12-17(11-15)23(26)29-14-22(25)24-9-5-6-20(24)19-13-18(27-3)7-8-21(19)28-4/h7-8,10-13,20H,5-6,9,14H2,1-4H3/t20-/m0/s1. The Hall–Kier alpha value is -3.02. The molecule has 1 aliphatic heterocycles. The molecule has 0 bridgehead atoms. The molecule has 1 atom stereocenters. The van der Waals surface area contributed by atoms with Crippen LogP contribution < -0.4 is 9.47 Å². The molecule has 0 aliphatic carbocycles. The number of ether oxygens (including phenoxy) is 3. The number of amides is 1. The first-order chi connectivity index (χ1) is 13.9. The Balaban J connectivity index is 1.71. The fourth-order valence-corrected chi connectivity index (χ4v) is 3.87. The number of methoxy groups -OCH3 is 2. The maximum Gasteiger partial charge on any atom is 0.338 e. The van der Waals surface area contributed by atoms with Crippen LogP contribution in [-0.2, 0) is 9.53 Å². The Labute approximate surface area is 171 Å². The summed E-state index contributed by atoms with van der Waals surface area (Å²) in [6, 6.07) is 10.9. The SMILES string of the molecule is COc1ccc(OC)c([C@@H]2CCCN2C(=O)COC(=O)c2cc(C)cc(C)c2)c1. The molecule has 154 valence electrons. The summed E-state index contributed by atoms with van der Waals surface area (Å²) >= 11 is 0. The maximum atomic E-state index is 12.8. The summed E-state index contributed by atoms with van der Waals surface area (Å²) in [7, 11) is 3.22. The van der Waals surface area contributed by atoms with Gasteiger partial charge < -0.3 is 19.1 Å². The van der Waals surface area contributed by atoms with Crippen molar-refractivity contribution in [3.8, 4) is 11.5 Å². The van der Waals surface area contributed by atoms with Crippen molar-refractivity contribution in [1.82, 2.24) is 4.90 Å². The molecular formula is C23H27NO5. The fourth-order valence-electron chi connectivity index (χ4n) is 3.87. The molecule has 6 heteroatoms. The van der Waals surface area contributed by atoms with E-state index in [0.717, 1.165) is 29.5 Å². The van der Waals surface area contributed by atoms with E-state index in [-0.39, 0.29) is 18.6 Å². The van der Waals surface area contributed by atoms with Crippen molar-refractivity contribution < 1.29 is 23.8 Å². The van der Waals surface area contributed by atoms with Crippen LogP contribution in [0.25, 0.3) is 0 Å². The van der Waals surface area contributed by atoms with Gasteiger partial charge in [-0.2, -0.15) is 0 Å². The third-order valence-corrected chi connectivity index (χ3v) is 5.15. The molecule has 6 nitrogen and oxygen atoms in total. The molecule has 0 spiro atoms. The van der Waals surface area contributed by atoms with Crippen molar-refractivity contribution >= 4 is 11.9 Å². The minimum Gasteiger partial charge on any atom is -0.497 e. The van der Waals surface area contributed by atoms with Gasteiger partial charge in [0.05, 0.1) is 25.8 Å². The summed E-state index contributed by atoms with van der Waals surface area (Å²) in [5.74, 6) is 0.721. The Morgan fingerprint density at radius 2 is 1.76 bits per heavy atom. The molecule has 0 aromatic heterocycles. The number of rotatable bonds is 6. The highest BCUT2D eigenvalue weighted by Gasteiger charge is 2.32. The molecule has 0 radical (unpaired) electrons. The van der Waals surface area contributed by atoms with Gasteiger partial charge in [-0.3, -0.25) is 4.79 Å². The van der Waals surface area contributed by atoms with Gasteiger partial charge in [-0.05, 0) is 57.0 Å². The van der Waals surface area contributed by atoms with E-state index in [9.17, 15) is 9.59 Å². The normalized spacial score (nSPS) is 15.9. The van der Waals surface area contributed by atoms with Crippen molar-refractivity contribution in [2.24, 2.45) is 0 Å². The third kappa shape index (κ3) is 4.70. The van der Waals surface area contributed by atoms with E-state index in [1.807, 2.05) is 38.1 Å². The zero-order valence-corrected chi connectivity index (χ0v) is 17.4. The fraction of sp³-hybridized carbons (Fsp3) is 0.391.